The molecule has 6 heteroatoms. The highest BCUT2D eigenvalue weighted by atomic mass is 16.5. The van der Waals surface area contributed by atoms with Crippen LogP contribution in [0.15, 0.2) is 30.3 Å². The second-order valence-electron chi connectivity index (χ2n) is 3.73. The van der Waals surface area contributed by atoms with E-state index < -0.39 is 11.9 Å². The van der Waals surface area contributed by atoms with Crippen molar-refractivity contribution in [2.45, 2.75) is 0 Å². The summed E-state index contributed by atoms with van der Waals surface area (Å²) in [7, 11) is 0. The molecule has 0 aliphatic rings. The summed E-state index contributed by atoms with van der Waals surface area (Å²) in [5.74, 6) is -0.862. The average molecular weight is 252 g/mol. The van der Waals surface area contributed by atoms with E-state index in [0.717, 1.165) is 0 Å². The van der Waals surface area contributed by atoms with Crippen molar-refractivity contribution in [1.82, 2.24) is 4.90 Å². The maximum atomic E-state index is 10.8. The number of aliphatic carboxylic acids is 1. The largest absolute Gasteiger partial charge is 0.492 e. The number of carbonyl (C=O) groups is 2. The Labute approximate surface area is 105 Å². The third-order valence-electron chi connectivity index (χ3n) is 2.16. The number of primary amides is 1. The molecule has 0 aliphatic heterocycles. The van der Waals surface area contributed by atoms with Crippen molar-refractivity contribution >= 4 is 11.9 Å². The Balaban J connectivity index is 2.37. The Morgan fingerprint density at radius 3 is 2.44 bits per heavy atom. The maximum Gasteiger partial charge on any atom is 0.317 e. The fourth-order valence-corrected chi connectivity index (χ4v) is 1.44. The van der Waals surface area contributed by atoms with Crippen molar-refractivity contribution < 1.29 is 19.4 Å². The molecule has 0 saturated carbocycles. The van der Waals surface area contributed by atoms with Gasteiger partial charge in [-0.3, -0.25) is 14.5 Å². The predicted molar refractivity (Wildman–Crippen MR) is 65.2 cm³/mol. The predicted octanol–water partition coefficient (Wildman–Crippen LogP) is -0.0627. The molecule has 0 saturated heterocycles. The average Bonchev–Trinajstić information content (AvgIpc) is 2.28. The quantitative estimate of drug-likeness (QED) is 0.676. The number of carboxylic acids is 1. The summed E-state index contributed by atoms with van der Waals surface area (Å²) in [6, 6.07) is 9.16. The van der Waals surface area contributed by atoms with E-state index in [2.05, 4.69) is 0 Å². The molecule has 1 amide bonds. The standard InChI is InChI=1S/C12H16N2O4/c13-11(15)8-14(9-12(16)17)6-7-18-10-4-2-1-3-5-10/h1-5H,6-9H2,(H2,13,15)(H,16,17). The SMILES string of the molecule is NC(=O)CN(CCOc1ccccc1)CC(=O)O. The van der Waals surface area contributed by atoms with Crippen LogP contribution in [-0.4, -0.2) is 48.1 Å². The molecule has 18 heavy (non-hydrogen) atoms. The topological polar surface area (TPSA) is 92.9 Å². The van der Waals surface area contributed by atoms with Crippen LogP contribution >= 0.6 is 0 Å². The molecule has 1 rings (SSSR count). The Morgan fingerprint density at radius 1 is 1.22 bits per heavy atom. The molecule has 0 aliphatic carbocycles. The molecule has 0 radical (unpaired) electrons. The van der Waals surface area contributed by atoms with Gasteiger partial charge in [0, 0.05) is 6.54 Å². The number of rotatable bonds is 8. The molecule has 0 aromatic heterocycles. The molecule has 6 nitrogen and oxygen atoms in total. The van der Waals surface area contributed by atoms with E-state index in [-0.39, 0.29) is 13.1 Å². The molecular formula is C12H16N2O4. The molecular weight excluding hydrogens is 236 g/mol. The van der Waals surface area contributed by atoms with Crippen LogP contribution in [0.2, 0.25) is 0 Å². The summed E-state index contributed by atoms with van der Waals surface area (Å²) in [6.07, 6.45) is 0. The lowest BCUT2D eigenvalue weighted by atomic mass is 10.3. The smallest absolute Gasteiger partial charge is 0.317 e. The van der Waals surface area contributed by atoms with E-state index in [1.807, 2.05) is 18.2 Å². The highest BCUT2D eigenvalue weighted by molar-refractivity contribution is 5.77. The van der Waals surface area contributed by atoms with Crippen molar-refractivity contribution in [2.24, 2.45) is 5.73 Å². The zero-order valence-electron chi connectivity index (χ0n) is 9.91. The van der Waals surface area contributed by atoms with E-state index in [1.165, 1.54) is 4.90 Å². The van der Waals surface area contributed by atoms with Gasteiger partial charge in [0.1, 0.15) is 12.4 Å². The normalized spacial score (nSPS) is 10.3. The van der Waals surface area contributed by atoms with Crippen LogP contribution in [0, 0.1) is 0 Å². The zero-order valence-corrected chi connectivity index (χ0v) is 9.91. The third-order valence-corrected chi connectivity index (χ3v) is 2.16. The first-order valence-electron chi connectivity index (χ1n) is 5.48. The van der Waals surface area contributed by atoms with E-state index in [4.69, 9.17) is 15.6 Å². The number of ether oxygens (including phenoxy) is 1. The van der Waals surface area contributed by atoms with E-state index >= 15 is 0 Å². The summed E-state index contributed by atoms with van der Waals surface area (Å²) in [6.45, 7) is 0.292. The number of carboxylic acid groups (broad SMARTS) is 1. The summed E-state index contributed by atoms with van der Waals surface area (Å²) in [5, 5.41) is 8.68. The van der Waals surface area contributed by atoms with Gasteiger partial charge in [0.15, 0.2) is 0 Å². The van der Waals surface area contributed by atoms with E-state index in [1.54, 1.807) is 12.1 Å². The zero-order chi connectivity index (χ0) is 13.4. The van der Waals surface area contributed by atoms with Gasteiger partial charge in [-0.05, 0) is 12.1 Å². The molecule has 0 heterocycles. The molecule has 1 aromatic carbocycles. The highest BCUT2D eigenvalue weighted by Crippen LogP contribution is 2.07. The van der Waals surface area contributed by atoms with Crippen molar-refractivity contribution in [3.63, 3.8) is 0 Å². The Morgan fingerprint density at radius 2 is 1.89 bits per heavy atom. The Hall–Kier alpha value is -2.08. The molecule has 0 unspecified atom stereocenters. The molecule has 3 N–H and O–H groups in total. The van der Waals surface area contributed by atoms with Crippen LogP contribution in [0.1, 0.15) is 0 Å². The van der Waals surface area contributed by atoms with Crippen molar-refractivity contribution in [2.75, 3.05) is 26.2 Å². The second-order valence-corrected chi connectivity index (χ2v) is 3.73. The molecule has 0 fully saturated rings. The summed E-state index contributed by atoms with van der Waals surface area (Å²) in [5.41, 5.74) is 5.04. The molecule has 0 atom stereocenters. The minimum absolute atomic E-state index is 0.0928. The number of amides is 1. The van der Waals surface area contributed by atoms with Gasteiger partial charge in [-0.25, -0.2) is 0 Å². The van der Waals surface area contributed by atoms with Crippen LogP contribution in [0.25, 0.3) is 0 Å². The summed E-state index contributed by atoms with van der Waals surface area (Å²) >= 11 is 0. The second kappa shape index (κ2) is 7.29. The van der Waals surface area contributed by atoms with Gasteiger partial charge in [-0.2, -0.15) is 0 Å². The summed E-state index contributed by atoms with van der Waals surface area (Å²) < 4.78 is 5.41. The van der Waals surface area contributed by atoms with E-state index in [0.29, 0.717) is 18.9 Å². The molecule has 98 valence electrons. The number of carbonyl (C=O) groups excluding carboxylic acids is 1. The van der Waals surface area contributed by atoms with Gasteiger partial charge in [-0.15, -0.1) is 0 Å². The number of hydrogen-bond acceptors (Lipinski definition) is 4. The first-order chi connectivity index (χ1) is 8.58. The van der Waals surface area contributed by atoms with Crippen LogP contribution in [0.3, 0.4) is 0 Å². The van der Waals surface area contributed by atoms with Crippen LogP contribution in [0.4, 0.5) is 0 Å². The Bertz CT molecular complexity index is 378. The molecule has 1 aromatic rings. The van der Waals surface area contributed by atoms with Crippen LogP contribution in [-0.2, 0) is 9.59 Å². The molecule has 0 bridgehead atoms. The van der Waals surface area contributed by atoms with Gasteiger partial charge in [0.05, 0.1) is 13.1 Å². The minimum Gasteiger partial charge on any atom is -0.492 e. The maximum absolute atomic E-state index is 10.8. The van der Waals surface area contributed by atoms with Gasteiger partial charge < -0.3 is 15.6 Å². The van der Waals surface area contributed by atoms with Gasteiger partial charge in [-0.1, -0.05) is 18.2 Å². The highest BCUT2D eigenvalue weighted by Gasteiger charge is 2.12. The van der Waals surface area contributed by atoms with Gasteiger partial charge in [0.25, 0.3) is 0 Å². The lowest BCUT2D eigenvalue weighted by Gasteiger charge is -2.18. The monoisotopic (exact) mass is 252 g/mol. The number of nitrogens with zero attached hydrogens (tertiary/aromatic N) is 1. The van der Waals surface area contributed by atoms with Crippen LogP contribution < -0.4 is 10.5 Å². The van der Waals surface area contributed by atoms with Crippen molar-refractivity contribution in [3.8, 4) is 5.75 Å². The third kappa shape index (κ3) is 5.86. The van der Waals surface area contributed by atoms with Crippen molar-refractivity contribution in [3.05, 3.63) is 30.3 Å². The summed E-state index contributed by atoms with van der Waals surface area (Å²) in [4.78, 5) is 22.8. The number of benzene rings is 1. The van der Waals surface area contributed by atoms with E-state index in [9.17, 15) is 9.59 Å². The van der Waals surface area contributed by atoms with Crippen molar-refractivity contribution in [1.29, 1.82) is 0 Å². The fourth-order valence-electron chi connectivity index (χ4n) is 1.44. The molecule has 0 spiro atoms. The Kier molecular flexibility index (Phi) is 5.66. The number of hydrogen-bond donors (Lipinski definition) is 2. The fraction of sp³-hybridized carbons (Fsp3) is 0.333. The first kappa shape index (κ1) is 14.0. The van der Waals surface area contributed by atoms with Crippen LogP contribution in [0.5, 0.6) is 5.75 Å². The number of nitrogens with two attached hydrogens (primary N) is 1. The van der Waals surface area contributed by atoms with Gasteiger partial charge >= 0.3 is 5.97 Å². The lowest BCUT2D eigenvalue weighted by molar-refractivity contribution is -0.138. The lowest BCUT2D eigenvalue weighted by Crippen LogP contribution is -2.39. The minimum atomic E-state index is -1.00. The van der Waals surface area contributed by atoms with Gasteiger partial charge in [0.2, 0.25) is 5.91 Å². The number of para-hydroxylation sites is 1. The first-order valence-corrected chi connectivity index (χ1v) is 5.48.